The third kappa shape index (κ3) is 3.60. The van der Waals surface area contributed by atoms with Crippen LogP contribution in [0, 0.1) is 12.8 Å². The Bertz CT molecular complexity index is 1030. The molecular weight excluding hydrogens is 354 g/mol. The lowest BCUT2D eigenvalue weighted by molar-refractivity contribution is -0.128. The zero-order valence-corrected chi connectivity index (χ0v) is 16.1. The summed E-state index contributed by atoms with van der Waals surface area (Å²) >= 11 is 0. The van der Waals surface area contributed by atoms with Gasteiger partial charge in [0, 0.05) is 44.7 Å². The number of aromatic nitrogens is 3. The summed E-state index contributed by atoms with van der Waals surface area (Å²) in [6, 6.07) is 11.7. The molecule has 0 spiro atoms. The first kappa shape index (κ1) is 18.2. The second-order valence-electron chi connectivity index (χ2n) is 7.36. The lowest BCUT2D eigenvalue weighted by atomic mass is 10.1. The van der Waals surface area contributed by atoms with Crippen molar-refractivity contribution >= 4 is 22.8 Å². The van der Waals surface area contributed by atoms with Crippen LogP contribution in [0.3, 0.4) is 0 Å². The van der Waals surface area contributed by atoms with Gasteiger partial charge in [-0.25, -0.2) is 4.98 Å². The number of rotatable bonds is 5. The Morgan fingerprint density at radius 3 is 2.86 bits per heavy atom. The van der Waals surface area contributed by atoms with Gasteiger partial charge in [-0.05, 0) is 18.6 Å². The maximum absolute atomic E-state index is 12.8. The molecule has 1 aliphatic rings. The van der Waals surface area contributed by atoms with Crippen molar-refractivity contribution < 1.29 is 9.59 Å². The third-order valence-corrected chi connectivity index (χ3v) is 5.14. The van der Waals surface area contributed by atoms with Gasteiger partial charge in [0.15, 0.2) is 5.65 Å². The largest absolute Gasteiger partial charge is 0.352 e. The van der Waals surface area contributed by atoms with Gasteiger partial charge < -0.3 is 10.2 Å². The van der Waals surface area contributed by atoms with Gasteiger partial charge in [-0.1, -0.05) is 30.3 Å². The zero-order chi connectivity index (χ0) is 19.7. The van der Waals surface area contributed by atoms with Crippen molar-refractivity contribution in [3.63, 3.8) is 0 Å². The van der Waals surface area contributed by atoms with E-state index >= 15 is 0 Å². The number of hydrogen-bond donors (Lipinski definition) is 1. The molecule has 0 bridgehead atoms. The van der Waals surface area contributed by atoms with Gasteiger partial charge in [0.2, 0.25) is 5.91 Å². The van der Waals surface area contributed by atoms with Crippen LogP contribution in [-0.2, 0) is 18.4 Å². The number of pyridine rings is 1. The van der Waals surface area contributed by atoms with Crippen molar-refractivity contribution in [2.45, 2.75) is 19.9 Å². The van der Waals surface area contributed by atoms with Crippen molar-refractivity contribution in [1.29, 1.82) is 0 Å². The van der Waals surface area contributed by atoms with E-state index in [4.69, 9.17) is 0 Å². The van der Waals surface area contributed by atoms with Crippen molar-refractivity contribution in [3.05, 3.63) is 59.4 Å². The maximum Gasteiger partial charge on any atom is 0.252 e. The number of carbonyl (C=O) groups is 2. The van der Waals surface area contributed by atoms with E-state index in [0.29, 0.717) is 37.3 Å². The van der Waals surface area contributed by atoms with Gasteiger partial charge >= 0.3 is 0 Å². The highest BCUT2D eigenvalue weighted by molar-refractivity contribution is 6.05. The summed E-state index contributed by atoms with van der Waals surface area (Å²) in [6.45, 7) is 3.61. The maximum atomic E-state index is 12.8. The first-order chi connectivity index (χ1) is 13.5. The predicted octanol–water partition coefficient (Wildman–Crippen LogP) is 2.06. The van der Waals surface area contributed by atoms with Crippen molar-refractivity contribution in [1.82, 2.24) is 25.0 Å². The minimum absolute atomic E-state index is 0.118. The van der Waals surface area contributed by atoms with Crippen LogP contribution in [0.1, 0.15) is 28.0 Å². The number of hydrogen-bond acceptors (Lipinski definition) is 4. The van der Waals surface area contributed by atoms with Gasteiger partial charge in [0.1, 0.15) is 0 Å². The summed E-state index contributed by atoms with van der Waals surface area (Å²) < 4.78 is 1.66. The van der Waals surface area contributed by atoms with Crippen LogP contribution in [0.15, 0.2) is 42.6 Å². The summed E-state index contributed by atoms with van der Waals surface area (Å²) in [5, 5.41) is 7.93. The molecule has 1 aromatic carbocycles. The Kier molecular flexibility index (Phi) is 4.81. The fourth-order valence-corrected chi connectivity index (χ4v) is 3.71. The first-order valence-corrected chi connectivity index (χ1v) is 9.40. The minimum atomic E-state index is -0.155. The SMILES string of the molecule is Cc1cc(C(=O)NCC2CC(=O)N(Cc3ccccc3)C2)c2cnn(C)c2n1. The molecule has 144 valence electrons. The topological polar surface area (TPSA) is 80.1 Å². The molecule has 3 aromatic rings. The number of nitrogens with one attached hydrogen (secondary N) is 1. The lowest BCUT2D eigenvalue weighted by Crippen LogP contribution is -2.31. The van der Waals surface area contributed by atoms with Crippen molar-refractivity contribution in [2.75, 3.05) is 13.1 Å². The predicted molar refractivity (Wildman–Crippen MR) is 106 cm³/mol. The van der Waals surface area contributed by atoms with Gasteiger partial charge in [0.05, 0.1) is 17.1 Å². The van der Waals surface area contributed by atoms with E-state index < -0.39 is 0 Å². The van der Waals surface area contributed by atoms with Gasteiger partial charge in [-0.15, -0.1) is 0 Å². The van der Waals surface area contributed by atoms with E-state index in [-0.39, 0.29) is 17.7 Å². The second kappa shape index (κ2) is 7.42. The average molecular weight is 377 g/mol. The fourth-order valence-electron chi connectivity index (χ4n) is 3.71. The standard InChI is InChI=1S/C21H23N5O2/c1-14-8-17(18-11-23-25(2)20(18)24-14)21(28)22-10-16-9-19(27)26(13-16)12-15-6-4-3-5-7-15/h3-8,11,16H,9-10,12-13H2,1-2H3,(H,22,28). The molecule has 4 rings (SSSR count). The van der Waals surface area contributed by atoms with Crippen LogP contribution in [0.25, 0.3) is 11.0 Å². The molecule has 0 saturated carbocycles. The normalized spacial score (nSPS) is 16.7. The van der Waals surface area contributed by atoms with E-state index in [0.717, 1.165) is 16.6 Å². The van der Waals surface area contributed by atoms with E-state index in [1.54, 1.807) is 16.9 Å². The average Bonchev–Trinajstić information content (AvgIpc) is 3.23. The summed E-state index contributed by atoms with van der Waals surface area (Å²) in [4.78, 5) is 31.4. The van der Waals surface area contributed by atoms with E-state index in [2.05, 4.69) is 15.4 Å². The summed E-state index contributed by atoms with van der Waals surface area (Å²) in [5.41, 5.74) is 3.15. The molecule has 2 amide bonds. The van der Waals surface area contributed by atoms with Crippen LogP contribution >= 0.6 is 0 Å². The Balaban J connectivity index is 1.40. The third-order valence-electron chi connectivity index (χ3n) is 5.14. The van der Waals surface area contributed by atoms with Crippen LogP contribution in [0.2, 0.25) is 0 Å². The number of benzene rings is 1. The van der Waals surface area contributed by atoms with E-state index in [9.17, 15) is 9.59 Å². The quantitative estimate of drug-likeness (QED) is 0.738. The minimum Gasteiger partial charge on any atom is -0.352 e. The molecule has 1 unspecified atom stereocenters. The first-order valence-electron chi connectivity index (χ1n) is 9.40. The van der Waals surface area contributed by atoms with Gasteiger partial charge in [0.25, 0.3) is 5.91 Å². The van der Waals surface area contributed by atoms with Crippen molar-refractivity contribution in [2.24, 2.45) is 13.0 Å². The molecule has 7 heteroatoms. The number of carbonyl (C=O) groups excluding carboxylic acids is 2. The Hall–Kier alpha value is -3.22. The number of nitrogens with zero attached hydrogens (tertiary/aromatic N) is 4. The Labute approximate surface area is 163 Å². The molecule has 28 heavy (non-hydrogen) atoms. The fraction of sp³-hybridized carbons (Fsp3) is 0.333. The molecule has 0 aliphatic carbocycles. The summed E-state index contributed by atoms with van der Waals surface area (Å²) in [6.07, 6.45) is 2.13. The molecule has 1 fully saturated rings. The molecule has 1 atom stereocenters. The monoisotopic (exact) mass is 377 g/mol. The molecule has 2 aromatic heterocycles. The van der Waals surface area contributed by atoms with Crippen LogP contribution in [0.4, 0.5) is 0 Å². The molecule has 1 N–H and O–H groups in total. The highest BCUT2D eigenvalue weighted by Gasteiger charge is 2.30. The molecule has 1 saturated heterocycles. The summed E-state index contributed by atoms with van der Waals surface area (Å²) in [5.74, 6) is 0.0995. The van der Waals surface area contributed by atoms with Crippen LogP contribution in [0.5, 0.6) is 0 Å². The number of aryl methyl sites for hydroxylation is 2. The van der Waals surface area contributed by atoms with Crippen LogP contribution in [-0.4, -0.2) is 44.6 Å². The Morgan fingerprint density at radius 2 is 2.07 bits per heavy atom. The van der Waals surface area contributed by atoms with E-state index in [1.807, 2.05) is 49.2 Å². The number of likely N-dealkylation sites (tertiary alicyclic amines) is 1. The highest BCUT2D eigenvalue weighted by atomic mass is 16.2. The van der Waals surface area contributed by atoms with Gasteiger partial charge in [-0.3, -0.25) is 14.3 Å². The second-order valence-corrected chi connectivity index (χ2v) is 7.36. The highest BCUT2D eigenvalue weighted by Crippen LogP contribution is 2.21. The van der Waals surface area contributed by atoms with E-state index in [1.165, 1.54) is 0 Å². The molecular formula is C21H23N5O2. The lowest BCUT2D eigenvalue weighted by Gasteiger charge is -2.17. The van der Waals surface area contributed by atoms with Gasteiger partial charge in [-0.2, -0.15) is 5.10 Å². The molecule has 3 heterocycles. The zero-order valence-electron chi connectivity index (χ0n) is 16.1. The molecule has 0 radical (unpaired) electrons. The van der Waals surface area contributed by atoms with Crippen LogP contribution < -0.4 is 5.32 Å². The Morgan fingerprint density at radius 1 is 1.29 bits per heavy atom. The summed E-state index contributed by atoms with van der Waals surface area (Å²) in [7, 11) is 1.81. The molecule has 1 aliphatic heterocycles. The number of amides is 2. The smallest absolute Gasteiger partial charge is 0.252 e. The number of fused-ring (bicyclic) bond motifs is 1. The van der Waals surface area contributed by atoms with Crippen molar-refractivity contribution in [3.8, 4) is 0 Å². The molecule has 7 nitrogen and oxygen atoms in total.